The van der Waals surface area contributed by atoms with Crippen LogP contribution in [0.25, 0.3) is 11.3 Å². The lowest BCUT2D eigenvalue weighted by Crippen LogP contribution is -2.23. The highest BCUT2D eigenvalue weighted by atomic mass is 19.1. The van der Waals surface area contributed by atoms with Crippen LogP contribution < -0.4 is 11.2 Å². The van der Waals surface area contributed by atoms with Crippen molar-refractivity contribution in [2.75, 3.05) is 0 Å². The average molecular weight is 350 g/mol. The Morgan fingerprint density at radius 1 is 1.27 bits per heavy atom. The molecule has 1 unspecified atom stereocenters. The highest BCUT2D eigenvalue weighted by molar-refractivity contribution is 5.59. The number of nitriles is 1. The van der Waals surface area contributed by atoms with Gasteiger partial charge < -0.3 is 4.98 Å². The van der Waals surface area contributed by atoms with Gasteiger partial charge in [0.1, 0.15) is 17.6 Å². The number of hydrogen-bond donors (Lipinski definition) is 2. The van der Waals surface area contributed by atoms with Gasteiger partial charge in [0.2, 0.25) is 0 Å². The van der Waals surface area contributed by atoms with Crippen LogP contribution in [0.2, 0.25) is 0 Å². The van der Waals surface area contributed by atoms with Gasteiger partial charge >= 0.3 is 5.69 Å². The second kappa shape index (κ2) is 6.00. The van der Waals surface area contributed by atoms with Crippen molar-refractivity contribution in [2.24, 2.45) is 0 Å². The molecule has 3 heterocycles. The van der Waals surface area contributed by atoms with E-state index < -0.39 is 17.1 Å². The van der Waals surface area contributed by atoms with E-state index in [1.165, 1.54) is 24.5 Å². The van der Waals surface area contributed by atoms with Crippen LogP contribution >= 0.6 is 0 Å². The van der Waals surface area contributed by atoms with Crippen molar-refractivity contribution in [3.05, 3.63) is 74.2 Å². The Bertz CT molecular complexity index is 1160. The molecule has 3 aromatic rings. The van der Waals surface area contributed by atoms with Crippen molar-refractivity contribution in [3.8, 4) is 17.3 Å². The molecule has 1 saturated carbocycles. The molecule has 4 rings (SSSR count). The normalized spacial score (nSPS) is 18.3. The number of aromatic nitrogens is 5. The van der Waals surface area contributed by atoms with Gasteiger partial charge in [-0.3, -0.25) is 14.8 Å². The molecule has 9 heteroatoms. The fourth-order valence-electron chi connectivity index (χ4n) is 3.02. The second-order valence-electron chi connectivity index (χ2n) is 5.95. The van der Waals surface area contributed by atoms with Gasteiger partial charge in [0, 0.05) is 18.3 Å². The molecule has 1 aliphatic carbocycles. The van der Waals surface area contributed by atoms with Crippen LogP contribution in [0.5, 0.6) is 0 Å². The number of H-pyrrole nitrogens is 2. The Labute approximate surface area is 145 Å². The van der Waals surface area contributed by atoms with Crippen LogP contribution in [0.15, 0.2) is 40.2 Å². The predicted molar refractivity (Wildman–Crippen MR) is 87.7 cm³/mol. The third-order valence-corrected chi connectivity index (χ3v) is 4.35. The van der Waals surface area contributed by atoms with Gasteiger partial charge in [0.25, 0.3) is 5.56 Å². The first-order chi connectivity index (χ1) is 12.6. The summed E-state index contributed by atoms with van der Waals surface area (Å²) in [6.45, 7) is 0. The fraction of sp³-hybridized carbons (Fsp3) is 0.176. The number of nitrogens with one attached hydrogen (secondary N) is 2. The zero-order valence-corrected chi connectivity index (χ0v) is 13.2. The maximum absolute atomic E-state index is 14.0. The quantitative estimate of drug-likeness (QED) is 0.730. The molecule has 26 heavy (non-hydrogen) atoms. The number of pyridine rings is 1. The Balaban J connectivity index is 1.75. The van der Waals surface area contributed by atoms with Gasteiger partial charge in [0.05, 0.1) is 11.3 Å². The van der Waals surface area contributed by atoms with Crippen molar-refractivity contribution in [3.63, 3.8) is 0 Å². The van der Waals surface area contributed by atoms with Crippen LogP contribution in [0.3, 0.4) is 0 Å². The van der Waals surface area contributed by atoms with E-state index in [9.17, 15) is 19.2 Å². The molecule has 0 radical (unpaired) electrons. The summed E-state index contributed by atoms with van der Waals surface area (Å²) in [5, 5.41) is 17.1. The number of hydrogen-bond acceptors (Lipinski definition) is 6. The van der Waals surface area contributed by atoms with Crippen molar-refractivity contribution in [1.82, 2.24) is 25.1 Å². The van der Waals surface area contributed by atoms with Gasteiger partial charge in [-0.2, -0.15) is 5.26 Å². The molecule has 0 bridgehead atoms. The van der Waals surface area contributed by atoms with Crippen LogP contribution in [0.1, 0.15) is 35.2 Å². The van der Waals surface area contributed by atoms with Crippen LogP contribution in [0.4, 0.5) is 4.39 Å². The van der Waals surface area contributed by atoms with Crippen molar-refractivity contribution >= 4 is 0 Å². The minimum atomic E-state index is -0.631. The minimum absolute atomic E-state index is 0.124. The first-order valence-corrected chi connectivity index (χ1v) is 7.79. The average Bonchev–Trinajstić information content (AvgIpc) is 3.42. The number of nitrogens with zero attached hydrogens (tertiary/aromatic N) is 4. The highest BCUT2D eigenvalue weighted by Gasteiger charge is 2.44. The summed E-state index contributed by atoms with van der Waals surface area (Å²) in [5.41, 5.74) is 0.168. The van der Waals surface area contributed by atoms with Gasteiger partial charge in [-0.25, -0.2) is 9.18 Å². The summed E-state index contributed by atoms with van der Waals surface area (Å²) in [4.78, 5) is 31.7. The maximum atomic E-state index is 14.0. The Hall–Kier alpha value is -3.67. The molecular weight excluding hydrogens is 339 g/mol. The first-order valence-electron chi connectivity index (χ1n) is 7.79. The number of aromatic amines is 2. The van der Waals surface area contributed by atoms with Gasteiger partial charge in [-0.1, -0.05) is 0 Å². The van der Waals surface area contributed by atoms with E-state index in [4.69, 9.17) is 0 Å². The standard InChI is InChI=1S/C17H11FN6O2/c18-12-2-1-3-20-15(12)10-4-8(10)9-5-13(23-24-14(9)6-19)11-7-21-17(26)22-16(11)25/h1-3,5,7-8,10H,4H2,(H2,21,22,25,26)/t8-,10?/m1/s1. The molecule has 3 aromatic heterocycles. The third-order valence-electron chi connectivity index (χ3n) is 4.35. The number of halogens is 1. The molecule has 1 aliphatic rings. The molecule has 0 saturated heterocycles. The molecule has 1 fully saturated rings. The van der Waals surface area contributed by atoms with Crippen LogP contribution in [0, 0.1) is 17.1 Å². The Kier molecular flexibility index (Phi) is 3.65. The summed E-state index contributed by atoms with van der Waals surface area (Å²) in [5.74, 6) is -0.683. The summed E-state index contributed by atoms with van der Waals surface area (Å²) >= 11 is 0. The molecule has 8 nitrogen and oxygen atoms in total. The van der Waals surface area contributed by atoms with E-state index in [1.54, 1.807) is 6.07 Å². The summed E-state index contributed by atoms with van der Waals surface area (Å²) in [6.07, 6.45) is 3.38. The predicted octanol–water partition coefficient (Wildman–Crippen LogP) is 1.20. The minimum Gasteiger partial charge on any atom is -0.313 e. The summed E-state index contributed by atoms with van der Waals surface area (Å²) in [7, 11) is 0. The number of rotatable bonds is 3. The lowest BCUT2D eigenvalue weighted by atomic mass is 10.0. The van der Waals surface area contributed by atoms with E-state index >= 15 is 0 Å². The smallest absolute Gasteiger partial charge is 0.313 e. The molecule has 0 aromatic carbocycles. The molecule has 0 aliphatic heterocycles. The zero-order chi connectivity index (χ0) is 18.3. The maximum Gasteiger partial charge on any atom is 0.325 e. The van der Waals surface area contributed by atoms with E-state index in [-0.39, 0.29) is 28.8 Å². The van der Waals surface area contributed by atoms with Gasteiger partial charge in [-0.05, 0) is 36.1 Å². The zero-order valence-electron chi connectivity index (χ0n) is 13.2. The van der Waals surface area contributed by atoms with E-state index in [2.05, 4.69) is 25.1 Å². The largest absolute Gasteiger partial charge is 0.325 e. The molecule has 0 amide bonds. The summed E-state index contributed by atoms with van der Waals surface area (Å²) < 4.78 is 14.0. The van der Waals surface area contributed by atoms with Crippen LogP contribution in [-0.4, -0.2) is 25.1 Å². The van der Waals surface area contributed by atoms with Gasteiger partial charge in [0.15, 0.2) is 5.69 Å². The highest BCUT2D eigenvalue weighted by Crippen LogP contribution is 2.55. The topological polar surface area (TPSA) is 128 Å². The summed E-state index contributed by atoms with van der Waals surface area (Å²) in [6, 6.07) is 6.42. The molecule has 128 valence electrons. The Morgan fingerprint density at radius 2 is 2.12 bits per heavy atom. The van der Waals surface area contributed by atoms with E-state index in [0.29, 0.717) is 17.7 Å². The molecular formula is C17H11FN6O2. The SMILES string of the molecule is N#Cc1nnc(-c2c[nH]c(=O)[nH]c2=O)cc1[C@H]1CC1c1ncccc1F. The monoisotopic (exact) mass is 350 g/mol. The fourth-order valence-corrected chi connectivity index (χ4v) is 3.02. The van der Waals surface area contributed by atoms with Gasteiger partial charge in [-0.15, -0.1) is 10.2 Å². The third kappa shape index (κ3) is 2.67. The van der Waals surface area contributed by atoms with E-state index in [1.807, 2.05) is 6.07 Å². The lowest BCUT2D eigenvalue weighted by Gasteiger charge is -2.06. The Morgan fingerprint density at radius 3 is 2.85 bits per heavy atom. The molecule has 0 spiro atoms. The first kappa shape index (κ1) is 15.8. The van der Waals surface area contributed by atoms with Crippen LogP contribution in [-0.2, 0) is 0 Å². The van der Waals surface area contributed by atoms with Crippen molar-refractivity contribution < 1.29 is 4.39 Å². The van der Waals surface area contributed by atoms with Crippen molar-refractivity contribution in [2.45, 2.75) is 18.3 Å². The van der Waals surface area contributed by atoms with E-state index in [0.717, 1.165) is 0 Å². The molecule has 2 N–H and O–H groups in total. The van der Waals surface area contributed by atoms with Crippen molar-refractivity contribution in [1.29, 1.82) is 5.26 Å². The molecule has 2 atom stereocenters. The lowest BCUT2D eigenvalue weighted by molar-refractivity contribution is 0.598. The second-order valence-corrected chi connectivity index (χ2v) is 5.95.